The molecule has 1 fully saturated rings. The fourth-order valence-electron chi connectivity index (χ4n) is 2.95. The van der Waals surface area contributed by atoms with Gasteiger partial charge in [0.05, 0.1) is 20.3 Å². The third kappa shape index (κ3) is 4.11. The van der Waals surface area contributed by atoms with Gasteiger partial charge in [-0.1, -0.05) is 13.0 Å². The summed E-state index contributed by atoms with van der Waals surface area (Å²) in [6.07, 6.45) is 3.54. The normalized spacial score (nSPS) is 23.6. The summed E-state index contributed by atoms with van der Waals surface area (Å²) in [4.78, 5) is 0. The van der Waals surface area contributed by atoms with Gasteiger partial charge in [-0.15, -0.1) is 0 Å². The molecule has 0 radical (unpaired) electrons. The van der Waals surface area contributed by atoms with E-state index in [2.05, 4.69) is 31.3 Å². The molecular formula is C17H27NO3. The summed E-state index contributed by atoms with van der Waals surface area (Å²) in [6, 6.07) is 7.02. The molecule has 118 valence electrons. The molecule has 0 aromatic heterocycles. The van der Waals surface area contributed by atoms with Crippen LogP contribution in [0.25, 0.3) is 0 Å². The molecule has 2 rings (SSSR count). The number of benzene rings is 1. The summed E-state index contributed by atoms with van der Waals surface area (Å²) >= 11 is 0. The fourth-order valence-corrected chi connectivity index (χ4v) is 2.95. The fraction of sp³-hybridized carbons (Fsp3) is 0.647. The smallest absolute Gasteiger partial charge is 0.161 e. The van der Waals surface area contributed by atoms with Gasteiger partial charge in [-0.25, -0.2) is 0 Å². The van der Waals surface area contributed by atoms with Crippen molar-refractivity contribution in [1.82, 2.24) is 5.32 Å². The molecule has 0 saturated carbocycles. The van der Waals surface area contributed by atoms with Crippen molar-refractivity contribution >= 4 is 0 Å². The second-order valence-corrected chi connectivity index (χ2v) is 5.64. The maximum Gasteiger partial charge on any atom is 0.161 e. The Hall–Kier alpha value is -1.26. The van der Waals surface area contributed by atoms with E-state index < -0.39 is 0 Å². The van der Waals surface area contributed by atoms with Crippen LogP contribution in [-0.2, 0) is 4.74 Å². The molecular weight excluding hydrogens is 266 g/mol. The van der Waals surface area contributed by atoms with Gasteiger partial charge in [0.25, 0.3) is 0 Å². The predicted octanol–water partition coefficient (Wildman–Crippen LogP) is 3.31. The zero-order valence-electron chi connectivity index (χ0n) is 13.5. The van der Waals surface area contributed by atoms with E-state index in [-0.39, 0.29) is 0 Å². The van der Waals surface area contributed by atoms with E-state index in [1.54, 1.807) is 14.2 Å². The lowest BCUT2D eigenvalue weighted by Crippen LogP contribution is -2.39. The predicted molar refractivity (Wildman–Crippen MR) is 84.1 cm³/mol. The molecule has 1 aliphatic rings. The van der Waals surface area contributed by atoms with E-state index in [1.165, 1.54) is 5.56 Å². The van der Waals surface area contributed by atoms with Crippen LogP contribution >= 0.6 is 0 Å². The van der Waals surface area contributed by atoms with Gasteiger partial charge in [0.2, 0.25) is 0 Å². The second kappa shape index (κ2) is 7.66. The number of rotatable bonds is 6. The average Bonchev–Trinajstić information content (AvgIpc) is 2.52. The van der Waals surface area contributed by atoms with Crippen LogP contribution in [0.4, 0.5) is 0 Å². The van der Waals surface area contributed by atoms with E-state index >= 15 is 0 Å². The number of hydrogen-bond acceptors (Lipinski definition) is 4. The molecule has 1 aromatic carbocycles. The van der Waals surface area contributed by atoms with E-state index in [4.69, 9.17) is 14.2 Å². The van der Waals surface area contributed by atoms with Gasteiger partial charge in [-0.2, -0.15) is 0 Å². The van der Waals surface area contributed by atoms with E-state index in [9.17, 15) is 0 Å². The highest BCUT2D eigenvalue weighted by Crippen LogP contribution is 2.31. The first-order chi connectivity index (χ1) is 10.2. The molecule has 21 heavy (non-hydrogen) atoms. The van der Waals surface area contributed by atoms with Gasteiger partial charge in [-0.3, -0.25) is 0 Å². The lowest BCUT2D eigenvalue weighted by atomic mass is 9.98. The molecule has 0 aliphatic carbocycles. The quantitative estimate of drug-likeness (QED) is 0.873. The molecule has 1 aliphatic heterocycles. The lowest BCUT2D eigenvalue weighted by Gasteiger charge is -2.31. The highest BCUT2D eigenvalue weighted by Gasteiger charge is 2.22. The van der Waals surface area contributed by atoms with E-state index in [0.29, 0.717) is 18.2 Å². The van der Waals surface area contributed by atoms with Crippen LogP contribution in [0, 0.1) is 0 Å². The van der Waals surface area contributed by atoms with Gasteiger partial charge >= 0.3 is 0 Å². The van der Waals surface area contributed by atoms with Gasteiger partial charge in [0, 0.05) is 18.7 Å². The van der Waals surface area contributed by atoms with E-state index in [0.717, 1.165) is 37.4 Å². The zero-order chi connectivity index (χ0) is 15.2. The van der Waals surface area contributed by atoms with Crippen LogP contribution in [0.1, 0.15) is 44.7 Å². The molecule has 1 heterocycles. The highest BCUT2D eigenvalue weighted by atomic mass is 16.5. The summed E-state index contributed by atoms with van der Waals surface area (Å²) in [7, 11) is 3.34. The zero-order valence-corrected chi connectivity index (χ0v) is 13.5. The molecule has 0 bridgehead atoms. The highest BCUT2D eigenvalue weighted by molar-refractivity contribution is 5.43. The SMILES string of the molecule is CCC(NC1CCOC(C)C1)c1ccc(OC)c(OC)c1. The Morgan fingerprint density at radius 2 is 2.05 bits per heavy atom. The second-order valence-electron chi connectivity index (χ2n) is 5.64. The van der Waals surface area contributed by atoms with Crippen molar-refractivity contribution < 1.29 is 14.2 Å². The van der Waals surface area contributed by atoms with Gasteiger partial charge in [-0.05, 0) is 43.9 Å². The Morgan fingerprint density at radius 1 is 1.29 bits per heavy atom. The number of hydrogen-bond donors (Lipinski definition) is 1. The molecule has 1 N–H and O–H groups in total. The van der Waals surface area contributed by atoms with E-state index in [1.807, 2.05) is 6.07 Å². The van der Waals surface area contributed by atoms with Gasteiger partial charge < -0.3 is 19.5 Å². The lowest BCUT2D eigenvalue weighted by molar-refractivity contribution is 0.0111. The third-order valence-corrected chi connectivity index (χ3v) is 4.14. The van der Waals surface area contributed by atoms with Crippen LogP contribution in [0.15, 0.2) is 18.2 Å². The molecule has 4 heteroatoms. The first-order valence-corrected chi connectivity index (χ1v) is 7.77. The summed E-state index contributed by atoms with van der Waals surface area (Å²) in [5, 5.41) is 3.76. The summed E-state index contributed by atoms with van der Waals surface area (Å²) in [5.41, 5.74) is 1.24. The maximum atomic E-state index is 5.62. The largest absolute Gasteiger partial charge is 0.493 e. The minimum absolute atomic E-state index is 0.333. The molecule has 0 amide bonds. The van der Waals surface area contributed by atoms with Crippen LogP contribution in [0.5, 0.6) is 11.5 Å². The maximum absolute atomic E-state index is 5.62. The Bertz CT molecular complexity index is 450. The molecule has 3 atom stereocenters. The van der Waals surface area contributed by atoms with Gasteiger partial charge in [0.15, 0.2) is 11.5 Å². The molecule has 1 saturated heterocycles. The summed E-state index contributed by atoms with van der Waals surface area (Å²) in [6.45, 7) is 5.20. The Kier molecular flexibility index (Phi) is 5.88. The van der Waals surface area contributed by atoms with Crippen LogP contribution in [0.3, 0.4) is 0 Å². The number of ether oxygens (including phenoxy) is 3. The van der Waals surface area contributed by atoms with Crippen molar-refractivity contribution in [2.45, 2.75) is 51.3 Å². The van der Waals surface area contributed by atoms with Crippen molar-refractivity contribution in [2.75, 3.05) is 20.8 Å². The first kappa shape index (κ1) is 16.1. The average molecular weight is 293 g/mol. The minimum Gasteiger partial charge on any atom is -0.493 e. The Balaban J connectivity index is 2.09. The van der Waals surface area contributed by atoms with Crippen molar-refractivity contribution in [1.29, 1.82) is 0 Å². The molecule has 0 spiro atoms. The van der Waals surface area contributed by atoms with Crippen molar-refractivity contribution in [3.63, 3.8) is 0 Å². The van der Waals surface area contributed by atoms with Crippen LogP contribution in [-0.4, -0.2) is 33.0 Å². The van der Waals surface area contributed by atoms with Gasteiger partial charge in [0.1, 0.15) is 0 Å². The van der Waals surface area contributed by atoms with Crippen LogP contribution in [0.2, 0.25) is 0 Å². The number of nitrogens with one attached hydrogen (secondary N) is 1. The Labute approximate surface area is 127 Å². The van der Waals surface area contributed by atoms with Crippen molar-refractivity contribution in [3.8, 4) is 11.5 Å². The topological polar surface area (TPSA) is 39.7 Å². The van der Waals surface area contributed by atoms with Crippen LogP contribution < -0.4 is 14.8 Å². The molecule has 1 aromatic rings. The summed E-state index contributed by atoms with van der Waals surface area (Å²) < 4.78 is 16.3. The van der Waals surface area contributed by atoms with Crippen molar-refractivity contribution in [2.24, 2.45) is 0 Å². The molecule has 4 nitrogen and oxygen atoms in total. The molecule has 3 unspecified atom stereocenters. The third-order valence-electron chi connectivity index (χ3n) is 4.14. The monoisotopic (exact) mass is 293 g/mol. The first-order valence-electron chi connectivity index (χ1n) is 7.77. The van der Waals surface area contributed by atoms with Crippen molar-refractivity contribution in [3.05, 3.63) is 23.8 Å². The Morgan fingerprint density at radius 3 is 2.67 bits per heavy atom. The number of methoxy groups -OCH3 is 2. The minimum atomic E-state index is 0.333. The standard InChI is InChI=1S/C17H27NO3/c1-5-15(18-14-8-9-21-12(2)10-14)13-6-7-16(19-3)17(11-13)20-4/h6-7,11-12,14-15,18H,5,8-10H2,1-4H3. The summed E-state index contributed by atoms with van der Waals surface area (Å²) in [5.74, 6) is 1.56.